The normalized spacial score (nSPS) is 11.7. The van der Waals surface area contributed by atoms with E-state index in [4.69, 9.17) is 0 Å². The fraction of sp³-hybridized carbons (Fsp3) is 0.500. The van der Waals surface area contributed by atoms with E-state index >= 15 is 0 Å². The Labute approximate surface area is 97.4 Å². The summed E-state index contributed by atoms with van der Waals surface area (Å²) >= 11 is 0. The molecule has 0 bridgehead atoms. The third kappa shape index (κ3) is 10.3. The van der Waals surface area contributed by atoms with Gasteiger partial charge in [-0.2, -0.15) is 0 Å². The molecule has 0 aliphatic heterocycles. The van der Waals surface area contributed by atoms with Crippen molar-refractivity contribution in [2.45, 2.75) is 26.2 Å². The van der Waals surface area contributed by atoms with Crippen LogP contribution in [0.2, 0.25) is 26.2 Å². The third-order valence-corrected chi connectivity index (χ3v) is 8.86. The topological polar surface area (TPSA) is 24.1 Å². The van der Waals surface area contributed by atoms with Crippen LogP contribution in [0.5, 0.6) is 0 Å². The van der Waals surface area contributed by atoms with Crippen molar-refractivity contribution in [3.63, 3.8) is 0 Å². The third-order valence-electron chi connectivity index (χ3n) is 1.66. The number of nitrogens with one attached hydrogen (secondary N) is 2. The van der Waals surface area contributed by atoms with E-state index in [0.29, 0.717) is 0 Å². The van der Waals surface area contributed by atoms with Crippen LogP contribution in [-0.2, 0) is 0 Å². The summed E-state index contributed by atoms with van der Waals surface area (Å²) in [5, 5.41) is 0. The van der Waals surface area contributed by atoms with E-state index in [1.54, 1.807) is 0 Å². The van der Waals surface area contributed by atoms with Gasteiger partial charge in [0.15, 0.2) is 0 Å². The molecule has 0 aromatic rings. The fourth-order valence-electron chi connectivity index (χ4n) is 0.932. The second-order valence-electron chi connectivity index (χ2n) is 4.48. The number of hydrogen-bond donors (Lipinski definition) is 2. The summed E-state index contributed by atoms with van der Waals surface area (Å²) in [5.74, 6) is 0. The van der Waals surface area contributed by atoms with Crippen LogP contribution in [0.25, 0.3) is 0 Å². The summed E-state index contributed by atoms with van der Waals surface area (Å²) in [7, 11) is -0.297. The van der Waals surface area contributed by atoms with Gasteiger partial charge in [-0.05, 0) is 0 Å². The Hall–Kier alpha value is 0.268. The molecule has 0 aromatic carbocycles. The molecule has 0 aliphatic rings. The molecule has 2 N–H and O–H groups in total. The molecule has 0 atom stereocenters. The molecular weight excluding hydrogens is 236 g/mol. The van der Waals surface area contributed by atoms with Crippen molar-refractivity contribution in [1.82, 2.24) is 9.30 Å². The maximum absolute atomic E-state index is 3.84. The Bertz CT molecular complexity index is 162. The molecule has 14 heavy (non-hydrogen) atoms. The molecule has 0 saturated carbocycles. The lowest BCUT2D eigenvalue weighted by atomic mass is 11.3. The molecular formula is C8H26N2Si4. The second-order valence-corrected chi connectivity index (χ2v) is 17.2. The first-order valence-corrected chi connectivity index (χ1v) is 13.0. The summed E-state index contributed by atoms with van der Waals surface area (Å²) < 4.78 is 6.70. The average molecular weight is 263 g/mol. The van der Waals surface area contributed by atoms with Crippen LogP contribution in [0.4, 0.5) is 0 Å². The van der Waals surface area contributed by atoms with Crippen LogP contribution in [0.15, 0.2) is 24.6 Å². The summed E-state index contributed by atoms with van der Waals surface area (Å²) in [6, 6.07) is 0. The van der Waals surface area contributed by atoms with E-state index in [9.17, 15) is 0 Å². The average Bonchev–Trinajstić information content (AvgIpc) is 2.04. The largest absolute Gasteiger partial charge is 0.374 e. The minimum absolute atomic E-state index is 1.18. The van der Waals surface area contributed by atoms with Gasteiger partial charge in [0.2, 0.25) is 0 Å². The number of hydrogen-bond acceptors (Lipinski definition) is 2. The molecule has 0 unspecified atom stereocenters. The Morgan fingerprint density at radius 1 is 0.929 bits per heavy atom. The van der Waals surface area contributed by atoms with E-state index in [1.807, 2.05) is 0 Å². The van der Waals surface area contributed by atoms with Gasteiger partial charge in [-0.1, -0.05) is 37.6 Å². The van der Waals surface area contributed by atoms with Crippen molar-refractivity contribution in [3.05, 3.63) is 24.6 Å². The predicted molar refractivity (Wildman–Crippen MR) is 81.5 cm³/mol. The van der Waals surface area contributed by atoms with Gasteiger partial charge in [-0.15, -0.1) is 13.2 Å². The predicted octanol–water partition coefficient (Wildman–Crippen LogP) is -0.427. The van der Waals surface area contributed by atoms with Crippen molar-refractivity contribution in [2.75, 3.05) is 0 Å². The Kier molecular flexibility index (Phi) is 8.99. The van der Waals surface area contributed by atoms with Crippen molar-refractivity contribution in [3.8, 4) is 0 Å². The van der Waals surface area contributed by atoms with Crippen LogP contribution in [0.3, 0.4) is 0 Å². The molecule has 0 heterocycles. The van der Waals surface area contributed by atoms with E-state index in [2.05, 4.69) is 60.0 Å². The van der Waals surface area contributed by atoms with Crippen LogP contribution in [0.1, 0.15) is 0 Å². The van der Waals surface area contributed by atoms with E-state index in [1.165, 1.54) is 20.8 Å². The van der Waals surface area contributed by atoms with Crippen LogP contribution < -0.4 is 9.30 Å². The van der Waals surface area contributed by atoms with Gasteiger partial charge in [0, 0.05) is 0 Å². The zero-order chi connectivity index (χ0) is 11.8. The SMILES string of the molecule is C=C[Si](C)(C)N[Si](C)(C)C=C.[SiH3]N[SiH3]. The number of rotatable bonds is 4. The highest BCUT2D eigenvalue weighted by atomic mass is 28.4. The van der Waals surface area contributed by atoms with Crippen LogP contribution in [0, 0.1) is 0 Å². The maximum Gasteiger partial charge on any atom is 0.137 e. The molecule has 0 aliphatic carbocycles. The molecule has 0 amide bonds. The summed E-state index contributed by atoms with van der Waals surface area (Å²) in [5.41, 5.74) is 4.15. The highest BCUT2D eigenvalue weighted by Gasteiger charge is 2.25. The first-order chi connectivity index (χ1) is 6.24. The molecule has 84 valence electrons. The smallest absolute Gasteiger partial charge is 0.137 e. The molecule has 0 aromatic heterocycles. The molecule has 6 heteroatoms. The minimum atomic E-state index is -1.33. The van der Waals surface area contributed by atoms with Crippen molar-refractivity contribution < 1.29 is 0 Å². The van der Waals surface area contributed by atoms with E-state index in [0.717, 1.165) is 0 Å². The lowest BCUT2D eigenvalue weighted by Gasteiger charge is -2.29. The molecule has 0 rings (SSSR count). The zero-order valence-electron chi connectivity index (χ0n) is 10.6. The van der Waals surface area contributed by atoms with Crippen LogP contribution >= 0.6 is 0 Å². The van der Waals surface area contributed by atoms with Crippen molar-refractivity contribution >= 4 is 37.3 Å². The molecule has 0 fully saturated rings. The van der Waals surface area contributed by atoms with Gasteiger partial charge < -0.3 is 9.30 Å². The van der Waals surface area contributed by atoms with Gasteiger partial charge in [0.1, 0.15) is 16.5 Å². The van der Waals surface area contributed by atoms with Gasteiger partial charge in [0.05, 0.1) is 20.8 Å². The highest BCUT2D eigenvalue weighted by molar-refractivity contribution is 6.95. The minimum Gasteiger partial charge on any atom is -0.374 e. The van der Waals surface area contributed by atoms with Gasteiger partial charge >= 0.3 is 0 Å². The Morgan fingerprint density at radius 3 is 1.29 bits per heavy atom. The lowest BCUT2D eigenvalue weighted by Crippen LogP contribution is -2.57. The first-order valence-electron chi connectivity index (χ1n) is 4.89. The lowest BCUT2D eigenvalue weighted by molar-refractivity contribution is 1.35. The molecule has 0 spiro atoms. The standard InChI is InChI=1S/C8H19NSi2.H7NSi2/c1-7-10(3,4)9-11(5,6)8-2;2-1-3/h7-9H,1-2H2,3-6H3;1H,2-3H3. The van der Waals surface area contributed by atoms with Gasteiger partial charge in [-0.3, -0.25) is 0 Å². The van der Waals surface area contributed by atoms with E-state index < -0.39 is 16.5 Å². The van der Waals surface area contributed by atoms with Crippen LogP contribution in [-0.4, -0.2) is 37.3 Å². The fourth-order valence-corrected chi connectivity index (χ4v) is 8.39. The monoisotopic (exact) mass is 262 g/mol. The van der Waals surface area contributed by atoms with Crippen molar-refractivity contribution in [2.24, 2.45) is 0 Å². The first kappa shape index (κ1) is 16.7. The molecule has 0 saturated heterocycles. The zero-order valence-corrected chi connectivity index (χ0v) is 16.6. The van der Waals surface area contributed by atoms with Crippen molar-refractivity contribution in [1.29, 1.82) is 0 Å². The summed E-state index contributed by atoms with van der Waals surface area (Å²) in [4.78, 5) is 0. The molecule has 0 radical (unpaired) electrons. The maximum atomic E-state index is 3.84. The summed E-state index contributed by atoms with van der Waals surface area (Å²) in [6.07, 6.45) is 0. The second kappa shape index (κ2) is 7.55. The Balaban J connectivity index is 0. The van der Waals surface area contributed by atoms with E-state index in [-0.39, 0.29) is 0 Å². The highest BCUT2D eigenvalue weighted by Crippen LogP contribution is 2.05. The molecule has 2 nitrogen and oxygen atoms in total. The van der Waals surface area contributed by atoms with Gasteiger partial charge in [-0.25, -0.2) is 0 Å². The Morgan fingerprint density at radius 2 is 1.14 bits per heavy atom. The summed E-state index contributed by atoms with van der Waals surface area (Å²) in [6.45, 7) is 16.7. The van der Waals surface area contributed by atoms with Gasteiger partial charge in [0.25, 0.3) is 0 Å². The quantitative estimate of drug-likeness (QED) is 0.672.